The molecule has 0 amide bonds. The number of sulfonamides is 1. The molecule has 5 heteroatoms. The number of aliphatic hydroxyl groups excluding tert-OH is 1. The zero-order valence-corrected chi connectivity index (χ0v) is 9.26. The summed E-state index contributed by atoms with van der Waals surface area (Å²) < 4.78 is 24.8. The molecule has 1 atom stereocenters. The molecular formula is C9H17NO3S. The van der Waals surface area contributed by atoms with Crippen LogP contribution in [0.4, 0.5) is 0 Å². The largest absolute Gasteiger partial charge is 0.396 e. The summed E-state index contributed by atoms with van der Waals surface area (Å²) in [5.41, 5.74) is -0.100. The van der Waals surface area contributed by atoms with Gasteiger partial charge in [0, 0.05) is 25.1 Å². The first kappa shape index (κ1) is 10.4. The third kappa shape index (κ3) is 1.81. The fourth-order valence-corrected chi connectivity index (χ4v) is 4.05. The van der Waals surface area contributed by atoms with Gasteiger partial charge in [-0.3, -0.25) is 0 Å². The summed E-state index contributed by atoms with van der Waals surface area (Å²) in [6.07, 6.45) is 1.92. The summed E-state index contributed by atoms with van der Waals surface area (Å²) in [7, 11) is -3.02. The molecule has 14 heavy (non-hydrogen) atoms. The van der Waals surface area contributed by atoms with Gasteiger partial charge in [-0.2, -0.15) is 0 Å². The first-order valence-corrected chi connectivity index (χ1v) is 6.67. The predicted octanol–water partition coefficient (Wildman–Crippen LogP) is 0.0404. The molecule has 0 aromatic heterocycles. The highest BCUT2D eigenvalue weighted by atomic mass is 32.2. The Morgan fingerprint density at radius 3 is 2.50 bits per heavy atom. The Morgan fingerprint density at radius 1 is 1.50 bits per heavy atom. The summed E-state index contributed by atoms with van der Waals surface area (Å²) >= 11 is 0. The number of hydrogen-bond acceptors (Lipinski definition) is 3. The first-order valence-electron chi connectivity index (χ1n) is 5.06. The Kier molecular flexibility index (Phi) is 2.36. The minimum atomic E-state index is -3.02. The molecule has 0 radical (unpaired) electrons. The Bertz CT molecular complexity index is 321. The lowest BCUT2D eigenvalue weighted by atomic mass is 10.1. The molecule has 2 rings (SSSR count). The maximum Gasteiger partial charge on any atom is 0.214 e. The average molecular weight is 219 g/mol. The van der Waals surface area contributed by atoms with Gasteiger partial charge in [0.15, 0.2) is 0 Å². The molecule has 1 heterocycles. The van der Waals surface area contributed by atoms with E-state index in [-0.39, 0.29) is 23.7 Å². The van der Waals surface area contributed by atoms with Crippen molar-refractivity contribution in [2.45, 2.75) is 19.8 Å². The minimum absolute atomic E-state index is 0.100. The Hall–Kier alpha value is -0.130. The Morgan fingerprint density at radius 2 is 2.14 bits per heavy atom. The van der Waals surface area contributed by atoms with Crippen LogP contribution in [-0.4, -0.2) is 43.3 Å². The number of hydrogen-bond donors (Lipinski definition) is 1. The third-order valence-electron chi connectivity index (χ3n) is 3.21. The highest BCUT2D eigenvalue weighted by Crippen LogP contribution is 2.46. The maximum atomic E-state index is 11.6. The van der Waals surface area contributed by atoms with E-state index >= 15 is 0 Å². The predicted molar refractivity (Wildman–Crippen MR) is 53.3 cm³/mol. The smallest absolute Gasteiger partial charge is 0.214 e. The maximum absolute atomic E-state index is 11.6. The highest BCUT2D eigenvalue weighted by molar-refractivity contribution is 7.89. The Labute approximate surface area is 85.0 Å². The number of rotatable bonds is 3. The van der Waals surface area contributed by atoms with Gasteiger partial charge in [0.2, 0.25) is 10.0 Å². The lowest BCUT2D eigenvalue weighted by molar-refractivity contribution is 0.185. The minimum Gasteiger partial charge on any atom is -0.396 e. The van der Waals surface area contributed by atoms with Gasteiger partial charge < -0.3 is 5.11 Å². The Balaban J connectivity index is 2.05. The zero-order valence-electron chi connectivity index (χ0n) is 8.44. The van der Waals surface area contributed by atoms with Crippen LogP contribution in [-0.2, 0) is 10.0 Å². The number of nitrogens with zero attached hydrogens (tertiary/aromatic N) is 1. The van der Waals surface area contributed by atoms with E-state index in [0.29, 0.717) is 13.1 Å². The quantitative estimate of drug-likeness (QED) is 0.729. The molecule has 2 aliphatic rings. The van der Waals surface area contributed by atoms with Crippen molar-refractivity contribution in [3.05, 3.63) is 0 Å². The van der Waals surface area contributed by atoms with Crippen LogP contribution in [0.25, 0.3) is 0 Å². The van der Waals surface area contributed by atoms with Gasteiger partial charge in [-0.25, -0.2) is 12.7 Å². The molecule has 0 aromatic carbocycles. The van der Waals surface area contributed by atoms with Crippen molar-refractivity contribution in [1.29, 1.82) is 0 Å². The van der Waals surface area contributed by atoms with Crippen molar-refractivity contribution in [3.63, 3.8) is 0 Å². The summed E-state index contributed by atoms with van der Waals surface area (Å²) in [6.45, 7) is 3.23. The molecule has 82 valence electrons. The first-order chi connectivity index (χ1) is 6.47. The van der Waals surface area contributed by atoms with Gasteiger partial charge in [0.05, 0.1) is 5.75 Å². The third-order valence-corrected chi connectivity index (χ3v) is 5.26. The van der Waals surface area contributed by atoms with Crippen molar-refractivity contribution in [1.82, 2.24) is 4.31 Å². The van der Waals surface area contributed by atoms with Gasteiger partial charge in [-0.1, -0.05) is 6.92 Å². The van der Waals surface area contributed by atoms with Crippen molar-refractivity contribution < 1.29 is 13.5 Å². The van der Waals surface area contributed by atoms with Crippen LogP contribution in [0.1, 0.15) is 19.8 Å². The molecule has 1 saturated carbocycles. The fourth-order valence-electron chi connectivity index (χ4n) is 2.06. The summed E-state index contributed by atoms with van der Waals surface area (Å²) in [4.78, 5) is 0. The van der Waals surface area contributed by atoms with E-state index in [2.05, 4.69) is 0 Å². The summed E-state index contributed by atoms with van der Waals surface area (Å²) in [5, 5.41) is 9.13. The molecule has 0 bridgehead atoms. The van der Waals surface area contributed by atoms with E-state index in [0.717, 1.165) is 12.8 Å². The molecule has 0 aromatic rings. The molecule has 1 N–H and O–H groups in total. The molecule has 4 nitrogen and oxygen atoms in total. The van der Waals surface area contributed by atoms with Crippen molar-refractivity contribution in [2.75, 3.05) is 25.4 Å². The lowest BCUT2D eigenvalue weighted by Gasteiger charge is -2.20. The lowest BCUT2D eigenvalue weighted by Crippen LogP contribution is -2.33. The molecular weight excluding hydrogens is 202 g/mol. The van der Waals surface area contributed by atoms with E-state index in [9.17, 15) is 8.42 Å². The summed E-state index contributed by atoms with van der Waals surface area (Å²) in [6, 6.07) is 0. The standard InChI is InChI=1S/C9H17NO3S/c1-8-4-10(14(12,13)5-8)6-9(7-11)2-3-9/h8,11H,2-7H2,1H3. The van der Waals surface area contributed by atoms with E-state index in [4.69, 9.17) is 5.11 Å². The SMILES string of the molecule is CC1CN(CC2(CO)CC2)S(=O)(=O)C1. The second kappa shape index (κ2) is 3.18. The molecule has 2 fully saturated rings. The molecule has 1 aliphatic carbocycles. The van der Waals surface area contributed by atoms with Crippen molar-refractivity contribution >= 4 is 10.0 Å². The van der Waals surface area contributed by atoms with E-state index in [1.54, 1.807) is 4.31 Å². The van der Waals surface area contributed by atoms with Crippen LogP contribution in [0, 0.1) is 11.3 Å². The number of aliphatic hydroxyl groups is 1. The van der Waals surface area contributed by atoms with Crippen LogP contribution in [0.15, 0.2) is 0 Å². The van der Waals surface area contributed by atoms with Crippen LogP contribution in [0.3, 0.4) is 0 Å². The van der Waals surface area contributed by atoms with Crippen molar-refractivity contribution in [2.24, 2.45) is 11.3 Å². The molecule has 1 unspecified atom stereocenters. The van der Waals surface area contributed by atoms with Gasteiger partial charge in [-0.05, 0) is 18.8 Å². The summed E-state index contributed by atoms with van der Waals surface area (Å²) in [5.74, 6) is 0.503. The van der Waals surface area contributed by atoms with Gasteiger partial charge in [0.1, 0.15) is 0 Å². The van der Waals surface area contributed by atoms with E-state index < -0.39 is 10.0 Å². The highest BCUT2D eigenvalue weighted by Gasteiger charge is 2.47. The van der Waals surface area contributed by atoms with E-state index in [1.165, 1.54) is 0 Å². The normalized spacial score (nSPS) is 34.6. The van der Waals surface area contributed by atoms with Gasteiger partial charge in [-0.15, -0.1) is 0 Å². The van der Waals surface area contributed by atoms with Gasteiger partial charge >= 0.3 is 0 Å². The fraction of sp³-hybridized carbons (Fsp3) is 1.00. The van der Waals surface area contributed by atoms with Crippen LogP contribution < -0.4 is 0 Å². The van der Waals surface area contributed by atoms with Crippen LogP contribution in [0.2, 0.25) is 0 Å². The topological polar surface area (TPSA) is 57.6 Å². The van der Waals surface area contributed by atoms with Crippen molar-refractivity contribution in [3.8, 4) is 0 Å². The van der Waals surface area contributed by atoms with Crippen LogP contribution >= 0.6 is 0 Å². The molecule has 1 aliphatic heterocycles. The molecule has 0 spiro atoms. The monoisotopic (exact) mass is 219 g/mol. The average Bonchev–Trinajstić information content (AvgIpc) is 2.78. The van der Waals surface area contributed by atoms with Crippen LogP contribution in [0.5, 0.6) is 0 Å². The second-order valence-corrected chi connectivity index (χ2v) is 6.85. The zero-order chi connectivity index (χ0) is 10.4. The molecule has 1 saturated heterocycles. The van der Waals surface area contributed by atoms with Gasteiger partial charge in [0.25, 0.3) is 0 Å². The second-order valence-electron chi connectivity index (χ2n) is 4.83. The van der Waals surface area contributed by atoms with E-state index in [1.807, 2.05) is 6.92 Å².